The predicted octanol–water partition coefficient (Wildman–Crippen LogP) is 2.92. The van der Waals surface area contributed by atoms with Crippen molar-refractivity contribution in [3.05, 3.63) is 54.2 Å². The van der Waals surface area contributed by atoms with Crippen LogP contribution in [0, 0.1) is 6.92 Å². The van der Waals surface area contributed by atoms with Gasteiger partial charge < -0.3 is 9.80 Å². The number of carbonyl (C=O) groups is 2. The number of pyridine rings is 2. The monoisotopic (exact) mass is 486 g/mol. The molecule has 11 heteroatoms. The van der Waals surface area contributed by atoms with Crippen LogP contribution in [0.15, 0.2) is 43.0 Å². The van der Waals surface area contributed by atoms with Crippen LogP contribution in [0.4, 0.5) is 10.8 Å². The van der Waals surface area contributed by atoms with Gasteiger partial charge in [0.25, 0.3) is 5.91 Å². The number of aryl methyl sites for hydroxylation is 1. The molecule has 0 aromatic carbocycles. The van der Waals surface area contributed by atoms with Gasteiger partial charge in [-0.25, -0.2) is 9.97 Å². The number of rotatable bonds is 4. The van der Waals surface area contributed by atoms with E-state index in [1.807, 2.05) is 30.0 Å². The molecule has 4 aromatic rings. The highest BCUT2D eigenvalue weighted by Crippen LogP contribution is 2.30. The highest BCUT2D eigenvalue weighted by Gasteiger charge is 2.36. The number of carbonyl (C=O) groups excluding carboxylic acids is 2. The SMILES string of the molecule is Cc1cc(N2CCN3C(=O)CC[C@@H]3C2)c(C(=O)Nc2nc3ncc(-c4ccncc4)nc3s2)cn1. The first-order valence-corrected chi connectivity index (χ1v) is 12.2. The maximum atomic E-state index is 13.3. The second kappa shape index (κ2) is 8.66. The van der Waals surface area contributed by atoms with Crippen LogP contribution < -0.4 is 10.2 Å². The van der Waals surface area contributed by atoms with E-state index in [0.717, 1.165) is 29.1 Å². The van der Waals surface area contributed by atoms with Gasteiger partial charge in [-0.15, -0.1) is 0 Å². The van der Waals surface area contributed by atoms with E-state index < -0.39 is 0 Å². The Morgan fingerprint density at radius 1 is 1.14 bits per heavy atom. The molecule has 2 aliphatic heterocycles. The summed E-state index contributed by atoms with van der Waals surface area (Å²) in [5.74, 6) is -0.0606. The highest BCUT2D eigenvalue weighted by molar-refractivity contribution is 7.21. The molecule has 0 spiro atoms. The summed E-state index contributed by atoms with van der Waals surface area (Å²) < 4.78 is 0. The van der Waals surface area contributed by atoms with Gasteiger partial charge in [0.05, 0.1) is 23.1 Å². The predicted molar refractivity (Wildman–Crippen MR) is 132 cm³/mol. The number of thiazole rings is 1. The number of piperazine rings is 1. The Morgan fingerprint density at radius 3 is 2.86 bits per heavy atom. The smallest absolute Gasteiger partial charge is 0.261 e. The molecule has 2 amide bonds. The lowest BCUT2D eigenvalue weighted by Gasteiger charge is -2.39. The van der Waals surface area contributed by atoms with Gasteiger partial charge in [-0.1, -0.05) is 11.3 Å². The second-order valence-corrected chi connectivity index (χ2v) is 9.64. The van der Waals surface area contributed by atoms with Crippen molar-refractivity contribution in [2.75, 3.05) is 29.9 Å². The third-order valence-electron chi connectivity index (χ3n) is 6.42. The molecular weight excluding hydrogens is 464 g/mol. The Kier molecular flexibility index (Phi) is 5.33. The Morgan fingerprint density at radius 2 is 2.00 bits per heavy atom. The number of nitrogens with zero attached hydrogens (tertiary/aromatic N) is 7. The average Bonchev–Trinajstić information content (AvgIpc) is 3.46. The number of hydrogen-bond donors (Lipinski definition) is 1. The van der Waals surface area contributed by atoms with Crippen LogP contribution >= 0.6 is 11.3 Å². The third kappa shape index (κ3) is 4.08. The van der Waals surface area contributed by atoms with Gasteiger partial charge in [-0.05, 0) is 31.5 Å². The fourth-order valence-electron chi connectivity index (χ4n) is 4.67. The van der Waals surface area contributed by atoms with E-state index in [0.29, 0.717) is 47.2 Å². The van der Waals surface area contributed by atoms with E-state index in [1.54, 1.807) is 24.8 Å². The molecule has 2 saturated heterocycles. The first-order chi connectivity index (χ1) is 17.0. The Hall–Kier alpha value is -3.99. The molecule has 2 aliphatic rings. The van der Waals surface area contributed by atoms with Crippen LogP contribution in [0.2, 0.25) is 0 Å². The van der Waals surface area contributed by atoms with E-state index in [9.17, 15) is 9.59 Å². The van der Waals surface area contributed by atoms with Gasteiger partial charge in [0, 0.05) is 61.9 Å². The number of aromatic nitrogens is 5. The van der Waals surface area contributed by atoms with Gasteiger partial charge in [0.1, 0.15) is 0 Å². The maximum absolute atomic E-state index is 13.3. The molecule has 176 valence electrons. The molecule has 0 unspecified atom stereocenters. The molecule has 6 rings (SSSR count). The van der Waals surface area contributed by atoms with Crippen molar-refractivity contribution < 1.29 is 9.59 Å². The van der Waals surface area contributed by atoms with Crippen molar-refractivity contribution in [1.82, 2.24) is 29.8 Å². The van der Waals surface area contributed by atoms with Crippen molar-refractivity contribution in [3.63, 3.8) is 0 Å². The first kappa shape index (κ1) is 21.5. The molecule has 2 fully saturated rings. The van der Waals surface area contributed by atoms with Crippen LogP contribution in [-0.2, 0) is 4.79 Å². The number of nitrogens with one attached hydrogen (secondary N) is 1. The van der Waals surface area contributed by atoms with E-state index in [-0.39, 0.29) is 17.9 Å². The van der Waals surface area contributed by atoms with Crippen molar-refractivity contribution in [2.24, 2.45) is 0 Å². The lowest BCUT2D eigenvalue weighted by molar-refractivity contribution is -0.129. The lowest BCUT2D eigenvalue weighted by Crippen LogP contribution is -2.51. The minimum absolute atomic E-state index is 0.191. The summed E-state index contributed by atoms with van der Waals surface area (Å²) in [6.07, 6.45) is 8.14. The third-order valence-corrected chi connectivity index (χ3v) is 7.27. The molecular formula is C24H22N8O2S. The minimum Gasteiger partial charge on any atom is -0.367 e. The standard InChI is InChI=1S/C24H22N8O2S/c1-14-10-19(31-8-9-32-16(13-31)2-3-20(32)33)17(11-26-14)22(34)30-24-29-21-23(35-24)28-18(12-27-21)15-4-6-25-7-5-15/h4-7,10-12,16H,2-3,8-9,13H2,1H3,(H,27,29,30,34)/t16-/m1/s1. The van der Waals surface area contributed by atoms with Gasteiger partial charge in [0.2, 0.25) is 5.91 Å². The zero-order valence-electron chi connectivity index (χ0n) is 19.0. The van der Waals surface area contributed by atoms with Crippen molar-refractivity contribution in [2.45, 2.75) is 25.8 Å². The first-order valence-electron chi connectivity index (χ1n) is 11.4. The number of amides is 2. The van der Waals surface area contributed by atoms with Crippen molar-refractivity contribution in [1.29, 1.82) is 0 Å². The normalized spacial score (nSPS) is 17.6. The molecule has 0 bridgehead atoms. The molecule has 0 radical (unpaired) electrons. The van der Waals surface area contributed by atoms with E-state index in [2.05, 4.69) is 35.1 Å². The van der Waals surface area contributed by atoms with Crippen LogP contribution in [0.3, 0.4) is 0 Å². The Labute approximate surface area is 205 Å². The average molecular weight is 487 g/mol. The summed E-state index contributed by atoms with van der Waals surface area (Å²) in [4.78, 5) is 52.1. The van der Waals surface area contributed by atoms with Gasteiger partial charge >= 0.3 is 0 Å². The largest absolute Gasteiger partial charge is 0.367 e. The van der Waals surface area contributed by atoms with Crippen molar-refractivity contribution >= 4 is 44.4 Å². The van der Waals surface area contributed by atoms with E-state index >= 15 is 0 Å². The zero-order chi connectivity index (χ0) is 23.9. The molecule has 1 N–H and O–H groups in total. The van der Waals surface area contributed by atoms with Gasteiger partial charge in [-0.3, -0.25) is 24.9 Å². The van der Waals surface area contributed by atoms with Crippen molar-refractivity contribution in [3.8, 4) is 11.3 Å². The molecule has 35 heavy (non-hydrogen) atoms. The molecule has 6 heterocycles. The summed E-state index contributed by atoms with van der Waals surface area (Å²) in [6.45, 7) is 3.97. The van der Waals surface area contributed by atoms with E-state index in [4.69, 9.17) is 0 Å². The molecule has 0 saturated carbocycles. The van der Waals surface area contributed by atoms with Gasteiger partial charge in [-0.2, -0.15) is 4.98 Å². The summed E-state index contributed by atoms with van der Waals surface area (Å²) in [5.41, 5.74) is 4.24. The summed E-state index contributed by atoms with van der Waals surface area (Å²) in [6, 6.07) is 5.86. The zero-order valence-corrected chi connectivity index (χ0v) is 19.8. The van der Waals surface area contributed by atoms with E-state index in [1.165, 1.54) is 11.3 Å². The fourth-order valence-corrected chi connectivity index (χ4v) is 5.46. The van der Waals surface area contributed by atoms with Gasteiger partial charge in [0.15, 0.2) is 15.6 Å². The summed E-state index contributed by atoms with van der Waals surface area (Å²) >= 11 is 1.28. The summed E-state index contributed by atoms with van der Waals surface area (Å²) in [7, 11) is 0. The molecule has 1 atom stereocenters. The molecule has 0 aliphatic carbocycles. The minimum atomic E-state index is -0.286. The Balaban J connectivity index is 1.25. The number of anilines is 2. The maximum Gasteiger partial charge on any atom is 0.261 e. The van der Waals surface area contributed by atoms with Crippen LogP contribution in [-0.4, -0.2) is 67.3 Å². The Bertz CT molecular complexity index is 1440. The fraction of sp³-hybridized carbons (Fsp3) is 0.292. The summed E-state index contributed by atoms with van der Waals surface area (Å²) in [5, 5.41) is 3.33. The number of fused-ring (bicyclic) bond motifs is 2. The van der Waals surface area contributed by atoms with Crippen LogP contribution in [0.1, 0.15) is 28.9 Å². The van der Waals surface area contributed by atoms with Crippen LogP contribution in [0.25, 0.3) is 21.7 Å². The molecule has 10 nitrogen and oxygen atoms in total. The second-order valence-electron chi connectivity index (χ2n) is 8.66. The highest BCUT2D eigenvalue weighted by atomic mass is 32.1. The lowest BCUT2D eigenvalue weighted by atomic mass is 10.1. The van der Waals surface area contributed by atoms with Crippen LogP contribution in [0.5, 0.6) is 0 Å². The topological polar surface area (TPSA) is 117 Å². The quantitative estimate of drug-likeness (QED) is 0.468. The molecule has 4 aromatic heterocycles. The number of hydrogen-bond acceptors (Lipinski definition) is 9.